The number of hydrogen-bond donors (Lipinski definition) is 1. The van der Waals surface area contributed by atoms with Crippen LogP contribution in [0.3, 0.4) is 0 Å². The molecule has 1 amide bonds. The van der Waals surface area contributed by atoms with Crippen LogP contribution < -0.4 is 14.8 Å². The Morgan fingerprint density at radius 2 is 1.92 bits per heavy atom. The van der Waals surface area contributed by atoms with E-state index in [1.807, 2.05) is 37.3 Å². The summed E-state index contributed by atoms with van der Waals surface area (Å²) in [6.07, 6.45) is 0. The van der Waals surface area contributed by atoms with Crippen molar-refractivity contribution in [1.82, 2.24) is 15.5 Å². The normalized spacial score (nSPS) is 10.4. The van der Waals surface area contributed by atoms with Crippen molar-refractivity contribution in [3.05, 3.63) is 60.0 Å². The van der Waals surface area contributed by atoms with E-state index in [4.69, 9.17) is 14.0 Å². The summed E-state index contributed by atoms with van der Waals surface area (Å²) in [5.74, 6) is 1.79. The predicted molar refractivity (Wildman–Crippen MR) is 95.1 cm³/mol. The van der Waals surface area contributed by atoms with E-state index in [-0.39, 0.29) is 12.5 Å². The van der Waals surface area contributed by atoms with Crippen LogP contribution in [-0.4, -0.2) is 29.8 Å². The Hall–Kier alpha value is -3.35. The molecular formula is C19H19N3O4. The van der Waals surface area contributed by atoms with Crippen LogP contribution in [0.4, 0.5) is 0 Å². The first-order valence-corrected chi connectivity index (χ1v) is 8.18. The Balaban J connectivity index is 1.65. The number of hydrogen-bond acceptors (Lipinski definition) is 6. The van der Waals surface area contributed by atoms with Crippen molar-refractivity contribution in [3.63, 3.8) is 0 Å². The molecule has 0 bridgehead atoms. The molecule has 26 heavy (non-hydrogen) atoms. The van der Waals surface area contributed by atoms with Gasteiger partial charge in [-0.05, 0) is 43.3 Å². The number of ether oxygens (including phenoxy) is 2. The van der Waals surface area contributed by atoms with Crippen molar-refractivity contribution < 1.29 is 18.8 Å². The first-order valence-electron chi connectivity index (χ1n) is 8.18. The molecule has 7 nitrogen and oxygen atoms in total. The lowest BCUT2D eigenvalue weighted by Crippen LogP contribution is -2.23. The Bertz CT molecular complexity index is 875. The minimum absolute atomic E-state index is 0.127. The summed E-state index contributed by atoms with van der Waals surface area (Å²) in [6, 6.07) is 14.4. The van der Waals surface area contributed by atoms with E-state index in [2.05, 4.69) is 15.5 Å². The van der Waals surface area contributed by atoms with Crippen molar-refractivity contribution in [2.24, 2.45) is 0 Å². The molecule has 1 N–H and O–H groups in total. The molecule has 134 valence electrons. The smallest absolute Gasteiger partial charge is 0.255 e. The van der Waals surface area contributed by atoms with Gasteiger partial charge < -0.3 is 19.3 Å². The highest BCUT2D eigenvalue weighted by Gasteiger charge is 2.14. The fourth-order valence-electron chi connectivity index (χ4n) is 2.37. The molecule has 0 spiro atoms. The Morgan fingerprint density at radius 1 is 1.15 bits per heavy atom. The third-order valence-corrected chi connectivity index (χ3v) is 3.65. The summed E-state index contributed by atoms with van der Waals surface area (Å²) >= 11 is 0. The summed E-state index contributed by atoms with van der Waals surface area (Å²) < 4.78 is 15.8. The molecule has 0 radical (unpaired) electrons. The van der Waals surface area contributed by atoms with Gasteiger partial charge in [0.1, 0.15) is 11.5 Å². The van der Waals surface area contributed by atoms with Crippen LogP contribution in [0.1, 0.15) is 23.2 Å². The maximum absolute atomic E-state index is 12.4. The molecule has 3 aromatic rings. The highest BCUT2D eigenvalue weighted by Crippen LogP contribution is 2.20. The molecular weight excluding hydrogens is 334 g/mol. The number of methoxy groups -OCH3 is 1. The molecule has 0 aliphatic rings. The fourth-order valence-corrected chi connectivity index (χ4v) is 2.37. The third-order valence-electron chi connectivity index (χ3n) is 3.65. The van der Waals surface area contributed by atoms with E-state index in [1.165, 1.54) is 0 Å². The molecule has 7 heteroatoms. The van der Waals surface area contributed by atoms with Gasteiger partial charge in [-0.25, -0.2) is 0 Å². The van der Waals surface area contributed by atoms with Crippen molar-refractivity contribution >= 4 is 5.91 Å². The molecule has 1 heterocycles. The summed E-state index contributed by atoms with van der Waals surface area (Å²) in [5.41, 5.74) is 1.26. The number of benzene rings is 2. The summed E-state index contributed by atoms with van der Waals surface area (Å²) in [4.78, 5) is 16.7. The average molecular weight is 353 g/mol. The third kappa shape index (κ3) is 4.00. The van der Waals surface area contributed by atoms with Gasteiger partial charge in [0.25, 0.3) is 5.91 Å². The van der Waals surface area contributed by atoms with E-state index in [9.17, 15) is 4.79 Å². The van der Waals surface area contributed by atoms with Gasteiger partial charge in [-0.15, -0.1) is 0 Å². The molecule has 0 unspecified atom stereocenters. The second-order valence-electron chi connectivity index (χ2n) is 5.35. The summed E-state index contributed by atoms with van der Waals surface area (Å²) in [7, 11) is 1.61. The number of nitrogens with one attached hydrogen (secondary N) is 1. The van der Waals surface area contributed by atoms with E-state index in [1.54, 1.807) is 25.3 Å². The van der Waals surface area contributed by atoms with Gasteiger partial charge in [0.05, 0.1) is 25.8 Å². The predicted octanol–water partition coefficient (Wildman–Crippen LogP) is 3.07. The second kappa shape index (κ2) is 8.15. The molecule has 3 rings (SSSR count). The first-order chi connectivity index (χ1) is 12.7. The molecule has 0 saturated carbocycles. The maximum Gasteiger partial charge on any atom is 0.255 e. The first kappa shape index (κ1) is 17.5. The van der Waals surface area contributed by atoms with Crippen molar-refractivity contribution in [2.75, 3.05) is 13.7 Å². The minimum atomic E-state index is -0.266. The van der Waals surface area contributed by atoms with Crippen LogP contribution in [0.15, 0.2) is 53.1 Å². The molecule has 0 fully saturated rings. The number of carbonyl (C=O) groups excluding carboxylic acids is 1. The van der Waals surface area contributed by atoms with Gasteiger partial charge in [-0.3, -0.25) is 4.79 Å². The van der Waals surface area contributed by atoms with Gasteiger partial charge in [-0.1, -0.05) is 17.3 Å². The Kier molecular flexibility index (Phi) is 5.48. The van der Waals surface area contributed by atoms with E-state index < -0.39 is 0 Å². The van der Waals surface area contributed by atoms with Gasteiger partial charge in [0.15, 0.2) is 0 Å². The highest BCUT2D eigenvalue weighted by atomic mass is 16.5. The van der Waals surface area contributed by atoms with Crippen molar-refractivity contribution in [2.45, 2.75) is 13.5 Å². The standard InChI is InChI=1S/C19H19N3O4/c1-3-25-16-7-5-4-6-15(16)19(23)20-12-17-21-18(22-26-17)13-8-10-14(24-2)11-9-13/h4-11H,3,12H2,1-2H3,(H,20,23). The van der Waals surface area contributed by atoms with E-state index >= 15 is 0 Å². The summed E-state index contributed by atoms with van der Waals surface area (Å²) in [6.45, 7) is 2.48. The Morgan fingerprint density at radius 3 is 2.65 bits per heavy atom. The molecule has 1 aromatic heterocycles. The van der Waals surface area contributed by atoms with Crippen molar-refractivity contribution in [1.29, 1.82) is 0 Å². The van der Waals surface area contributed by atoms with Crippen LogP contribution in [0.2, 0.25) is 0 Å². The molecule has 2 aromatic carbocycles. The number of rotatable bonds is 7. The maximum atomic E-state index is 12.4. The molecule has 0 aliphatic heterocycles. The Labute approximate surface area is 150 Å². The zero-order chi connectivity index (χ0) is 18.4. The van der Waals surface area contributed by atoms with Gasteiger partial charge in [0, 0.05) is 5.56 Å². The van der Waals surface area contributed by atoms with Crippen molar-refractivity contribution in [3.8, 4) is 22.9 Å². The zero-order valence-electron chi connectivity index (χ0n) is 14.6. The lowest BCUT2D eigenvalue weighted by Gasteiger charge is -2.09. The largest absolute Gasteiger partial charge is 0.497 e. The zero-order valence-corrected chi connectivity index (χ0v) is 14.6. The number of nitrogens with zero attached hydrogens (tertiary/aromatic N) is 2. The van der Waals surface area contributed by atoms with Crippen LogP contribution in [0, 0.1) is 0 Å². The van der Waals surface area contributed by atoms with Gasteiger partial charge in [0.2, 0.25) is 11.7 Å². The van der Waals surface area contributed by atoms with Crippen LogP contribution in [0.5, 0.6) is 11.5 Å². The second-order valence-corrected chi connectivity index (χ2v) is 5.35. The summed E-state index contributed by atoms with van der Waals surface area (Å²) in [5, 5.41) is 6.70. The number of para-hydroxylation sites is 1. The van der Waals surface area contributed by atoms with Gasteiger partial charge in [-0.2, -0.15) is 4.98 Å². The fraction of sp³-hybridized carbons (Fsp3) is 0.211. The number of aromatic nitrogens is 2. The monoisotopic (exact) mass is 353 g/mol. The van der Waals surface area contributed by atoms with E-state index in [0.717, 1.165) is 11.3 Å². The van der Waals surface area contributed by atoms with E-state index in [0.29, 0.717) is 29.6 Å². The number of amides is 1. The topological polar surface area (TPSA) is 86.5 Å². The van der Waals surface area contributed by atoms with Crippen LogP contribution in [-0.2, 0) is 6.54 Å². The lowest BCUT2D eigenvalue weighted by atomic mass is 10.2. The van der Waals surface area contributed by atoms with Gasteiger partial charge >= 0.3 is 0 Å². The molecule has 0 aliphatic carbocycles. The number of carbonyl (C=O) groups is 1. The van der Waals surface area contributed by atoms with Crippen LogP contribution >= 0.6 is 0 Å². The lowest BCUT2D eigenvalue weighted by molar-refractivity contribution is 0.0942. The minimum Gasteiger partial charge on any atom is -0.497 e. The quantitative estimate of drug-likeness (QED) is 0.702. The average Bonchev–Trinajstić information content (AvgIpc) is 3.16. The molecule has 0 saturated heterocycles. The highest BCUT2D eigenvalue weighted by molar-refractivity contribution is 5.96. The van der Waals surface area contributed by atoms with Crippen LogP contribution in [0.25, 0.3) is 11.4 Å². The SMILES string of the molecule is CCOc1ccccc1C(=O)NCc1nc(-c2ccc(OC)cc2)no1. The molecule has 0 atom stereocenters.